The van der Waals surface area contributed by atoms with Crippen LogP contribution in [0.25, 0.3) is 22.0 Å². The van der Waals surface area contributed by atoms with Crippen molar-refractivity contribution in [3.05, 3.63) is 102 Å². The van der Waals surface area contributed by atoms with E-state index in [0.29, 0.717) is 0 Å². The number of fused-ring (bicyclic) bond motifs is 3. The van der Waals surface area contributed by atoms with Crippen molar-refractivity contribution in [1.82, 2.24) is 4.98 Å². The highest BCUT2D eigenvalue weighted by Gasteiger charge is 2.23. The molecule has 1 aliphatic heterocycles. The highest BCUT2D eigenvalue weighted by atomic mass is 15.2. The molecule has 2 nitrogen and oxygen atoms in total. The molecular weight excluding hydrogens is 340 g/mol. The number of hydrogen-bond donors (Lipinski definition) is 0. The number of hydrogen-bond acceptors (Lipinski definition) is 2. The van der Waals surface area contributed by atoms with E-state index >= 15 is 0 Å². The summed E-state index contributed by atoms with van der Waals surface area (Å²) >= 11 is 0. The molecule has 1 aromatic heterocycles. The van der Waals surface area contributed by atoms with E-state index < -0.39 is 0 Å². The second kappa shape index (κ2) is 6.65. The Labute approximate surface area is 165 Å². The van der Waals surface area contributed by atoms with Crippen LogP contribution in [-0.4, -0.2) is 4.98 Å². The van der Waals surface area contributed by atoms with E-state index in [1.165, 1.54) is 39.1 Å². The molecule has 0 N–H and O–H groups in total. The van der Waals surface area contributed by atoms with Crippen molar-refractivity contribution in [3.63, 3.8) is 0 Å². The van der Waals surface area contributed by atoms with Crippen molar-refractivity contribution in [2.75, 3.05) is 4.90 Å². The quantitative estimate of drug-likeness (QED) is 0.389. The van der Waals surface area contributed by atoms with Crippen molar-refractivity contribution in [2.45, 2.75) is 20.3 Å². The molecule has 4 aromatic rings. The number of pyridine rings is 1. The molecule has 2 heteroatoms. The van der Waals surface area contributed by atoms with Crippen LogP contribution in [0.2, 0.25) is 0 Å². The van der Waals surface area contributed by atoms with Gasteiger partial charge in [-0.2, -0.15) is 0 Å². The molecule has 1 aliphatic rings. The number of nitrogens with zero attached hydrogens (tertiary/aromatic N) is 2. The summed E-state index contributed by atoms with van der Waals surface area (Å²) in [5, 5.41) is 1.20. The Bertz CT molecular complexity index is 1190. The first-order valence-corrected chi connectivity index (χ1v) is 9.73. The fraction of sp³-hybridized carbons (Fsp3) is 0.115. The first-order chi connectivity index (χ1) is 13.7. The van der Waals surface area contributed by atoms with Gasteiger partial charge >= 0.3 is 0 Å². The predicted octanol–water partition coefficient (Wildman–Crippen LogP) is 6.81. The fourth-order valence-electron chi connectivity index (χ4n) is 4.15. The molecule has 0 radical (unpaired) electrons. The Balaban J connectivity index is 1.83. The van der Waals surface area contributed by atoms with Gasteiger partial charge in [0.1, 0.15) is 0 Å². The van der Waals surface area contributed by atoms with Crippen LogP contribution in [0.4, 0.5) is 11.4 Å². The third-order valence-corrected chi connectivity index (χ3v) is 5.46. The molecule has 0 saturated heterocycles. The molecule has 0 bridgehead atoms. The zero-order chi connectivity index (χ0) is 19.1. The van der Waals surface area contributed by atoms with Crippen LogP contribution in [-0.2, 0) is 6.42 Å². The Hall–Kier alpha value is -3.39. The zero-order valence-electron chi connectivity index (χ0n) is 16.2. The van der Waals surface area contributed by atoms with Gasteiger partial charge in [-0.3, -0.25) is 4.98 Å². The van der Waals surface area contributed by atoms with Crippen LogP contribution >= 0.6 is 0 Å². The molecule has 0 atom stereocenters. The minimum absolute atomic E-state index is 0.941. The molecule has 0 spiro atoms. The van der Waals surface area contributed by atoms with Gasteiger partial charge in [-0.05, 0) is 55.2 Å². The molecule has 0 unspecified atom stereocenters. The van der Waals surface area contributed by atoms with Crippen molar-refractivity contribution >= 4 is 22.3 Å². The SMILES string of the molecule is CC1=CCc2ccc3c(-c4ccccc4)cc(C)nc3c2N1c1ccccc1. The van der Waals surface area contributed by atoms with Gasteiger partial charge < -0.3 is 4.90 Å². The smallest absolute Gasteiger partial charge is 0.0954 e. The number of rotatable bonds is 2. The van der Waals surface area contributed by atoms with Crippen molar-refractivity contribution in [3.8, 4) is 11.1 Å². The largest absolute Gasteiger partial charge is 0.312 e. The number of para-hydroxylation sites is 1. The van der Waals surface area contributed by atoms with Crippen LogP contribution in [0.1, 0.15) is 18.2 Å². The van der Waals surface area contributed by atoms with E-state index in [4.69, 9.17) is 4.98 Å². The molecule has 0 amide bonds. The van der Waals surface area contributed by atoms with Gasteiger partial charge in [0.05, 0.1) is 11.2 Å². The lowest BCUT2D eigenvalue weighted by Gasteiger charge is -2.32. The van der Waals surface area contributed by atoms with Crippen molar-refractivity contribution in [2.24, 2.45) is 0 Å². The molecule has 136 valence electrons. The van der Waals surface area contributed by atoms with Crippen LogP contribution in [0.5, 0.6) is 0 Å². The lowest BCUT2D eigenvalue weighted by Crippen LogP contribution is -2.20. The lowest BCUT2D eigenvalue weighted by molar-refractivity contribution is 1.05. The normalized spacial score (nSPS) is 13.4. The molecule has 3 aromatic carbocycles. The monoisotopic (exact) mass is 362 g/mol. The van der Waals surface area contributed by atoms with E-state index in [0.717, 1.165) is 17.6 Å². The zero-order valence-corrected chi connectivity index (χ0v) is 16.2. The number of allylic oxidation sites excluding steroid dienone is 2. The van der Waals surface area contributed by atoms with Gasteiger partial charge in [-0.25, -0.2) is 0 Å². The first-order valence-electron chi connectivity index (χ1n) is 9.73. The Kier molecular flexibility index (Phi) is 3.98. The van der Waals surface area contributed by atoms with E-state index in [1.807, 2.05) is 0 Å². The summed E-state index contributed by atoms with van der Waals surface area (Å²) in [6.45, 7) is 4.27. The summed E-state index contributed by atoms with van der Waals surface area (Å²) in [7, 11) is 0. The summed E-state index contributed by atoms with van der Waals surface area (Å²) in [5.74, 6) is 0. The van der Waals surface area contributed by atoms with E-state index in [1.54, 1.807) is 0 Å². The lowest BCUT2D eigenvalue weighted by atomic mass is 9.94. The summed E-state index contributed by atoms with van der Waals surface area (Å²) in [6, 6.07) is 27.9. The van der Waals surface area contributed by atoms with Crippen LogP contribution < -0.4 is 4.90 Å². The van der Waals surface area contributed by atoms with Crippen LogP contribution in [0.3, 0.4) is 0 Å². The van der Waals surface area contributed by atoms with Crippen LogP contribution in [0.15, 0.2) is 90.6 Å². The number of benzene rings is 3. The minimum Gasteiger partial charge on any atom is -0.312 e. The van der Waals surface area contributed by atoms with Crippen LogP contribution in [0, 0.1) is 6.92 Å². The average Bonchev–Trinajstić information content (AvgIpc) is 2.74. The number of aryl methyl sites for hydroxylation is 1. The summed E-state index contributed by atoms with van der Waals surface area (Å²) in [5.41, 5.74) is 9.54. The Morgan fingerprint density at radius 3 is 2.29 bits per heavy atom. The molecule has 0 saturated carbocycles. The molecule has 28 heavy (non-hydrogen) atoms. The second-order valence-corrected chi connectivity index (χ2v) is 7.37. The van der Waals surface area contributed by atoms with Gasteiger partial charge in [0.25, 0.3) is 0 Å². The Morgan fingerprint density at radius 2 is 1.54 bits per heavy atom. The highest BCUT2D eigenvalue weighted by Crippen LogP contribution is 2.42. The first kappa shape index (κ1) is 16.8. The minimum atomic E-state index is 0.941. The summed E-state index contributed by atoms with van der Waals surface area (Å²) in [4.78, 5) is 7.37. The van der Waals surface area contributed by atoms with Gasteiger partial charge in [0.15, 0.2) is 0 Å². The topological polar surface area (TPSA) is 16.1 Å². The van der Waals surface area contributed by atoms with Gasteiger partial charge in [-0.1, -0.05) is 66.7 Å². The standard InChI is InChI=1S/C26H22N2/c1-18-17-24(20-9-5-3-6-10-20)23-16-15-21-14-13-19(2)28(26(21)25(23)27-18)22-11-7-4-8-12-22/h3-13,15-17H,14H2,1-2H3. The third kappa shape index (κ3) is 2.69. The fourth-order valence-corrected chi connectivity index (χ4v) is 4.15. The van der Waals surface area contributed by atoms with E-state index in [9.17, 15) is 0 Å². The second-order valence-electron chi connectivity index (χ2n) is 7.37. The number of anilines is 2. The van der Waals surface area contributed by atoms with Crippen molar-refractivity contribution < 1.29 is 0 Å². The predicted molar refractivity (Wildman–Crippen MR) is 118 cm³/mol. The molecular formula is C26H22N2. The third-order valence-electron chi connectivity index (χ3n) is 5.46. The maximum absolute atomic E-state index is 5.02. The van der Waals surface area contributed by atoms with Crippen molar-refractivity contribution in [1.29, 1.82) is 0 Å². The van der Waals surface area contributed by atoms with Gasteiger partial charge in [0, 0.05) is 22.5 Å². The summed E-state index contributed by atoms with van der Waals surface area (Å²) < 4.78 is 0. The maximum Gasteiger partial charge on any atom is 0.0954 e. The molecule has 2 heterocycles. The average molecular weight is 362 g/mol. The van der Waals surface area contributed by atoms with Gasteiger partial charge in [-0.15, -0.1) is 0 Å². The summed E-state index contributed by atoms with van der Waals surface area (Å²) in [6.07, 6.45) is 3.24. The maximum atomic E-state index is 5.02. The number of aromatic nitrogens is 1. The Morgan fingerprint density at radius 1 is 0.821 bits per heavy atom. The molecule has 5 rings (SSSR count). The van der Waals surface area contributed by atoms with E-state index in [2.05, 4.69) is 104 Å². The molecule has 0 fully saturated rings. The highest BCUT2D eigenvalue weighted by molar-refractivity contribution is 6.04. The van der Waals surface area contributed by atoms with E-state index in [-0.39, 0.29) is 0 Å². The molecule has 0 aliphatic carbocycles. The van der Waals surface area contributed by atoms with Gasteiger partial charge in [0.2, 0.25) is 0 Å².